The average Bonchev–Trinajstić information content (AvgIpc) is 2.65. The van der Waals surface area contributed by atoms with Crippen molar-refractivity contribution in [3.63, 3.8) is 0 Å². The Morgan fingerprint density at radius 1 is 0.852 bits per heavy atom. The summed E-state index contributed by atoms with van der Waals surface area (Å²) in [7, 11) is 1.29. The van der Waals surface area contributed by atoms with Gasteiger partial charge in [0.2, 0.25) is 0 Å². The summed E-state index contributed by atoms with van der Waals surface area (Å²) in [6, 6.07) is 13.3. The van der Waals surface area contributed by atoms with Crippen molar-refractivity contribution >= 4 is 23.5 Å². The zero-order valence-electron chi connectivity index (χ0n) is 15.9. The van der Waals surface area contributed by atoms with Gasteiger partial charge in [-0.2, -0.15) is 0 Å². The van der Waals surface area contributed by atoms with Gasteiger partial charge in [0.05, 0.1) is 18.2 Å². The number of methoxy groups -OCH3 is 1. The SMILES string of the molecule is COC(=O)c1ccc(NC(=O)COC(=O)c2ccc(C(C)(C)C)cc2)cc1. The van der Waals surface area contributed by atoms with Crippen LogP contribution in [0.3, 0.4) is 0 Å². The predicted molar refractivity (Wildman–Crippen MR) is 102 cm³/mol. The van der Waals surface area contributed by atoms with Crippen LogP contribution >= 0.6 is 0 Å². The molecule has 6 heteroatoms. The molecule has 0 aromatic heterocycles. The number of carbonyl (C=O) groups excluding carboxylic acids is 3. The lowest BCUT2D eigenvalue weighted by molar-refractivity contribution is -0.119. The summed E-state index contributed by atoms with van der Waals surface area (Å²) in [6.45, 7) is 5.85. The van der Waals surface area contributed by atoms with Crippen molar-refractivity contribution in [2.75, 3.05) is 19.0 Å². The molecule has 2 aromatic carbocycles. The molecule has 0 aliphatic heterocycles. The molecule has 0 bridgehead atoms. The van der Waals surface area contributed by atoms with E-state index in [2.05, 4.69) is 30.8 Å². The van der Waals surface area contributed by atoms with Crippen LogP contribution in [0.15, 0.2) is 48.5 Å². The smallest absolute Gasteiger partial charge is 0.338 e. The summed E-state index contributed by atoms with van der Waals surface area (Å²) in [6.07, 6.45) is 0. The highest BCUT2D eigenvalue weighted by molar-refractivity contribution is 5.96. The quantitative estimate of drug-likeness (QED) is 0.815. The van der Waals surface area contributed by atoms with E-state index in [1.165, 1.54) is 19.2 Å². The molecule has 0 unspecified atom stereocenters. The topological polar surface area (TPSA) is 81.7 Å². The minimum absolute atomic E-state index is 0.00820. The summed E-state index contributed by atoms with van der Waals surface area (Å²) >= 11 is 0. The van der Waals surface area contributed by atoms with Gasteiger partial charge < -0.3 is 14.8 Å². The first kappa shape index (κ1) is 20.2. The number of ether oxygens (including phenoxy) is 2. The number of nitrogens with one attached hydrogen (secondary N) is 1. The fourth-order valence-electron chi connectivity index (χ4n) is 2.33. The highest BCUT2D eigenvalue weighted by Gasteiger charge is 2.15. The van der Waals surface area contributed by atoms with Gasteiger partial charge in [0.15, 0.2) is 6.61 Å². The Balaban J connectivity index is 1.87. The van der Waals surface area contributed by atoms with Crippen molar-refractivity contribution < 1.29 is 23.9 Å². The molecule has 6 nitrogen and oxygen atoms in total. The first-order chi connectivity index (χ1) is 12.7. The van der Waals surface area contributed by atoms with Crippen molar-refractivity contribution in [2.24, 2.45) is 0 Å². The van der Waals surface area contributed by atoms with E-state index in [4.69, 9.17) is 4.74 Å². The van der Waals surface area contributed by atoms with Gasteiger partial charge in [0.25, 0.3) is 5.91 Å². The summed E-state index contributed by atoms with van der Waals surface area (Å²) in [5, 5.41) is 2.59. The molecule has 0 aliphatic rings. The van der Waals surface area contributed by atoms with E-state index < -0.39 is 24.5 Å². The Morgan fingerprint density at radius 3 is 1.89 bits per heavy atom. The number of rotatable bonds is 5. The van der Waals surface area contributed by atoms with Gasteiger partial charge >= 0.3 is 11.9 Å². The van der Waals surface area contributed by atoms with E-state index in [9.17, 15) is 14.4 Å². The van der Waals surface area contributed by atoms with Crippen LogP contribution < -0.4 is 5.32 Å². The molecule has 0 saturated carbocycles. The van der Waals surface area contributed by atoms with Crippen LogP contribution in [-0.4, -0.2) is 31.6 Å². The van der Waals surface area contributed by atoms with Crippen LogP contribution in [0.1, 0.15) is 47.1 Å². The van der Waals surface area contributed by atoms with E-state index in [0.29, 0.717) is 16.8 Å². The molecule has 2 aromatic rings. The summed E-state index contributed by atoms with van der Waals surface area (Å²) < 4.78 is 9.65. The zero-order valence-corrected chi connectivity index (χ0v) is 15.9. The molecule has 1 amide bonds. The predicted octanol–water partition coefficient (Wildman–Crippen LogP) is 3.57. The number of benzene rings is 2. The summed E-state index contributed by atoms with van der Waals surface area (Å²) in [5.41, 5.74) is 2.34. The maximum absolute atomic E-state index is 12.1. The zero-order chi connectivity index (χ0) is 20.0. The fraction of sp³-hybridized carbons (Fsp3) is 0.286. The van der Waals surface area contributed by atoms with E-state index in [0.717, 1.165) is 5.56 Å². The first-order valence-electron chi connectivity index (χ1n) is 8.46. The van der Waals surface area contributed by atoms with Gasteiger partial charge in [0, 0.05) is 5.69 Å². The summed E-state index contributed by atoms with van der Waals surface area (Å²) in [4.78, 5) is 35.4. The third-order valence-electron chi connectivity index (χ3n) is 3.91. The van der Waals surface area contributed by atoms with Crippen LogP contribution in [0.4, 0.5) is 5.69 Å². The van der Waals surface area contributed by atoms with Crippen LogP contribution in [0, 0.1) is 0 Å². The second kappa shape index (κ2) is 8.49. The van der Waals surface area contributed by atoms with Crippen LogP contribution in [0.5, 0.6) is 0 Å². The molecular weight excluding hydrogens is 346 g/mol. The van der Waals surface area contributed by atoms with E-state index in [1.54, 1.807) is 24.3 Å². The van der Waals surface area contributed by atoms with Gasteiger partial charge in [-0.25, -0.2) is 9.59 Å². The van der Waals surface area contributed by atoms with Crippen molar-refractivity contribution in [1.29, 1.82) is 0 Å². The van der Waals surface area contributed by atoms with Crippen LogP contribution in [-0.2, 0) is 19.7 Å². The van der Waals surface area contributed by atoms with Gasteiger partial charge in [-0.15, -0.1) is 0 Å². The Hall–Kier alpha value is -3.15. The molecule has 27 heavy (non-hydrogen) atoms. The average molecular weight is 369 g/mol. The highest BCUT2D eigenvalue weighted by Crippen LogP contribution is 2.22. The highest BCUT2D eigenvalue weighted by atomic mass is 16.5. The molecule has 0 fully saturated rings. The largest absolute Gasteiger partial charge is 0.465 e. The van der Waals surface area contributed by atoms with Gasteiger partial charge in [-0.3, -0.25) is 4.79 Å². The normalized spacial score (nSPS) is 10.8. The Labute approximate surface area is 158 Å². The van der Waals surface area contributed by atoms with Crippen molar-refractivity contribution in [3.05, 3.63) is 65.2 Å². The second-order valence-corrected chi connectivity index (χ2v) is 7.02. The first-order valence-corrected chi connectivity index (χ1v) is 8.46. The monoisotopic (exact) mass is 369 g/mol. The lowest BCUT2D eigenvalue weighted by atomic mass is 9.87. The van der Waals surface area contributed by atoms with E-state index in [-0.39, 0.29) is 5.41 Å². The number of hydrogen-bond acceptors (Lipinski definition) is 5. The Bertz CT molecular complexity index is 817. The lowest BCUT2D eigenvalue weighted by Crippen LogP contribution is -2.21. The minimum Gasteiger partial charge on any atom is -0.465 e. The van der Waals surface area contributed by atoms with Gasteiger partial charge in [-0.05, 0) is 47.4 Å². The van der Waals surface area contributed by atoms with E-state index in [1.807, 2.05) is 12.1 Å². The standard InChI is InChI=1S/C21H23NO5/c1-21(2,3)16-9-5-15(6-10-16)20(25)27-13-18(23)22-17-11-7-14(8-12-17)19(24)26-4/h5-12H,13H2,1-4H3,(H,22,23). The fourth-order valence-corrected chi connectivity index (χ4v) is 2.33. The minimum atomic E-state index is -0.563. The van der Waals surface area contributed by atoms with Crippen LogP contribution in [0.25, 0.3) is 0 Å². The van der Waals surface area contributed by atoms with Gasteiger partial charge in [0.1, 0.15) is 0 Å². The van der Waals surface area contributed by atoms with Crippen molar-refractivity contribution in [2.45, 2.75) is 26.2 Å². The third kappa shape index (κ3) is 5.67. The molecular formula is C21H23NO5. The number of hydrogen-bond donors (Lipinski definition) is 1. The summed E-state index contributed by atoms with van der Waals surface area (Å²) in [5.74, 6) is -1.49. The number of esters is 2. The number of anilines is 1. The Morgan fingerprint density at radius 2 is 1.37 bits per heavy atom. The van der Waals surface area contributed by atoms with E-state index >= 15 is 0 Å². The van der Waals surface area contributed by atoms with Crippen molar-refractivity contribution in [1.82, 2.24) is 0 Å². The molecule has 142 valence electrons. The third-order valence-corrected chi connectivity index (χ3v) is 3.91. The molecule has 0 radical (unpaired) electrons. The number of amides is 1. The maximum Gasteiger partial charge on any atom is 0.338 e. The molecule has 0 heterocycles. The lowest BCUT2D eigenvalue weighted by Gasteiger charge is -2.18. The Kier molecular flexibility index (Phi) is 6.34. The molecule has 0 atom stereocenters. The molecule has 1 N–H and O–H groups in total. The second-order valence-electron chi connectivity index (χ2n) is 7.02. The number of carbonyl (C=O) groups is 3. The molecule has 0 saturated heterocycles. The van der Waals surface area contributed by atoms with Gasteiger partial charge in [-0.1, -0.05) is 32.9 Å². The van der Waals surface area contributed by atoms with Crippen LogP contribution in [0.2, 0.25) is 0 Å². The molecule has 2 rings (SSSR count). The molecule has 0 aliphatic carbocycles. The molecule has 0 spiro atoms. The maximum atomic E-state index is 12.1. The van der Waals surface area contributed by atoms with Crippen molar-refractivity contribution in [3.8, 4) is 0 Å².